The van der Waals surface area contributed by atoms with Crippen LogP contribution in [0, 0.1) is 0 Å². The van der Waals surface area contributed by atoms with E-state index in [1.807, 2.05) is 0 Å². The molecular weight excluding hydrogens is 1210 g/mol. The van der Waals surface area contributed by atoms with Gasteiger partial charge < -0.3 is 18.6 Å². The van der Waals surface area contributed by atoms with E-state index in [0.29, 0.717) is 0 Å². The Morgan fingerprint density at radius 1 is 0.220 bits per heavy atom. The van der Waals surface area contributed by atoms with E-state index in [4.69, 9.17) is 0 Å². The van der Waals surface area contributed by atoms with Crippen LogP contribution in [0.15, 0.2) is 358 Å². The third-order valence-electron chi connectivity index (χ3n) is 21.6. The second-order valence-corrected chi connectivity index (χ2v) is 27.0. The van der Waals surface area contributed by atoms with Gasteiger partial charge in [0.05, 0.1) is 44.7 Å². The zero-order chi connectivity index (χ0) is 65.5. The molecule has 0 bridgehead atoms. The average molecular weight is 1270 g/mol. The molecule has 21 rings (SSSR count). The van der Waals surface area contributed by atoms with E-state index >= 15 is 0 Å². The summed E-state index contributed by atoms with van der Waals surface area (Å²) in [5, 5.41) is 9.98. The molecule has 100 heavy (non-hydrogen) atoms. The molecule has 4 heterocycles. The molecule has 1 aliphatic carbocycles. The van der Waals surface area contributed by atoms with Crippen molar-refractivity contribution < 1.29 is 0 Å². The second kappa shape index (κ2) is 22.3. The highest BCUT2D eigenvalue weighted by Gasteiger charge is 2.45. The molecule has 0 fully saturated rings. The first-order valence-electron chi connectivity index (χ1n) is 34.8. The Bertz CT molecular complexity index is 6470. The zero-order valence-electron chi connectivity index (χ0n) is 54.6. The minimum Gasteiger partial charge on any atom is -0.332 e. The second-order valence-electron chi connectivity index (χ2n) is 27.0. The van der Waals surface area contributed by atoms with Crippen LogP contribution in [0.2, 0.25) is 0 Å². The van der Waals surface area contributed by atoms with Crippen LogP contribution in [0.5, 0.6) is 0 Å². The maximum Gasteiger partial charge on any atom is 0.0709 e. The van der Waals surface area contributed by atoms with E-state index in [2.05, 4.69) is 383 Å². The van der Waals surface area contributed by atoms with Crippen LogP contribution in [0.3, 0.4) is 0 Å². The Morgan fingerprint density at radius 3 is 1.09 bits per heavy atom. The highest BCUT2D eigenvalue weighted by Crippen LogP contribution is 2.63. The van der Waals surface area contributed by atoms with Crippen molar-refractivity contribution in [3.05, 3.63) is 374 Å². The number of hydrogen-bond acceptors (Lipinski definition) is 1. The quantitative estimate of drug-likeness (QED) is 0.119. The molecule has 19 aromatic rings. The number of rotatable bonds is 12. The molecule has 0 saturated heterocycles. The van der Waals surface area contributed by atoms with Crippen molar-refractivity contribution in [2.45, 2.75) is 12.0 Å². The molecule has 466 valence electrons. The number of anilines is 2. The van der Waals surface area contributed by atoms with Gasteiger partial charge in [0.2, 0.25) is 0 Å². The topological polar surface area (TPSA) is 18.0 Å². The van der Waals surface area contributed by atoms with E-state index in [9.17, 15) is 0 Å². The maximum atomic E-state index is 2.76. The monoisotopic (exact) mass is 1270 g/mol. The lowest BCUT2D eigenvalue weighted by atomic mass is 9.80. The zero-order valence-corrected chi connectivity index (χ0v) is 54.6. The highest BCUT2D eigenvalue weighted by molar-refractivity contribution is 6.43. The summed E-state index contributed by atoms with van der Waals surface area (Å²) in [5.74, 6) is -0.165. The fourth-order valence-electron chi connectivity index (χ4n) is 17.5. The van der Waals surface area contributed by atoms with Crippen LogP contribution >= 0.6 is 0 Å². The summed E-state index contributed by atoms with van der Waals surface area (Å²) < 4.78 is 8.00. The summed E-state index contributed by atoms with van der Waals surface area (Å²) in [6, 6.07) is 134. The van der Waals surface area contributed by atoms with Crippen LogP contribution in [0.4, 0.5) is 11.4 Å². The largest absolute Gasteiger partial charge is 0.332 e. The Morgan fingerprint density at radius 2 is 0.570 bits per heavy atom. The normalized spacial score (nSPS) is 14.1. The average Bonchev–Trinajstić information content (AvgIpc) is 1.48. The Hall–Kier alpha value is -13.0. The molecule has 0 saturated carbocycles. The van der Waals surface area contributed by atoms with Crippen molar-refractivity contribution in [1.82, 2.24) is 13.7 Å². The molecule has 1 aliphatic heterocycles. The molecule has 0 radical (unpaired) electrons. The van der Waals surface area contributed by atoms with Gasteiger partial charge in [0.25, 0.3) is 0 Å². The lowest BCUT2D eigenvalue weighted by molar-refractivity contribution is 0.663. The first-order chi connectivity index (χ1) is 49.7. The van der Waals surface area contributed by atoms with Gasteiger partial charge >= 0.3 is 0 Å². The van der Waals surface area contributed by atoms with Crippen molar-refractivity contribution in [2.24, 2.45) is 0 Å². The lowest BCUT2D eigenvalue weighted by Gasteiger charge is -2.35. The summed E-state index contributed by atoms with van der Waals surface area (Å²) >= 11 is 0. The van der Waals surface area contributed by atoms with E-state index in [1.54, 1.807) is 0 Å². The van der Waals surface area contributed by atoms with Gasteiger partial charge in [-0.3, -0.25) is 0 Å². The molecule has 4 heteroatoms. The van der Waals surface area contributed by atoms with E-state index in [1.165, 1.54) is 121 Å². The first-order valence-corrected chi connectivity index (χ1v) is 34.8. The molecule has 16 aromatic carbocycles. The van der Waals surface area contributed by atoms with Crippen LogP contribution < -0.4 is 10.2 Å². The Labute approximate surface area is 579 Å². The number of benzene rings is 15. The molecule has 0 spiro atoms. The van der Waals surface area contributed by atoms with Gasteiger partial charge in [-0.1, -0.05) is 279 Å². The SMILES string of the molecule is C1=c2c3c4c5c(cc(-c6cccc(-c7ccccc7)c6)c6c5c5c7c8c3c(c(-c3cccc(-c9ccccc9)c3)cc8n(-c3cccc(-c8ccccc8)c3)c7c(-c3ccccc3)cc5n6-c3ccccc3)n2-c2ccccc2)N(c2ccccc2)C4C1c1cccc(-c2ccccc2)c1. The fraction of sp³-hybridized carbons (Fsp3) is 0.0208. The third-order valence-corrected chi connectivity index (χ3v) is 21.6. The summed E-state index contributed by atoms with van der Waals surface area (Å²) in [4.78, 5) is 2.76. The van der Waals surface area contributed by atoms with Gasteiger partial charge in [-0.15, -0.1) is 0 Å². The van der Waals surface area contributed by atoms with Gasteiger partial charge in [-0.2, -0.15) is 0 Å². The standard InChI is InChI=1S/C96H62N4/c1-9-29-61(30-10-1)66-39-25-43-70(53-66)78-58-82-86-90-85-81(97(94(78)90)73-46-19-6-20-47-73)57-77(65-37-17-5-18-38-65)93-89(85)88-84(100(93)76-52-28-42-69(56-76)64-35-15-4-16-36-64)60-80(72-45-27-41-68(55-72)63-33-13-3-14-34-63)96-92(88)87-83(99(96)75-50-23-8-24-51-75)59-79(95(91(86)87)98(82)74-48-21-7-22-49-74)71-44-26-40-67(54-71)62-31-11-2-12-32-62/h1-60,79,95H. The predicted octanol–water partition coefficient (Wildman–Crippen LogP) is 24.6. The number of aromatic nitrogens is 3. The Kier molecular flexibility index (Phi) is 12.5. The summed E-state index contributed by atoms with van der Waals surface area (Å²) in [7, 11) is 0. The smallest absolute Gasteiger partial charge is 0.0709 e. The number of nitrogens with zero attached hydrogens (tertiary/aromatic N) is 4. The van der Waals surface area contributed by atoms with Crippen LogP contribution in [0.1, 0.15) is 23.1 Å². The van der Waals surface area contributed by atoms with Crippen LogP contribution in [-0.2, 0) is 0 Å². The number of para-hydroxylation sites is 3. The van der Waals surface area contributed by atoms with Crippen molar-refractivity contribution in [3.63, 3.8) is 0 Å². The molecule has 0 N–H and O–H groups in total. The van der Waals surface area contributed by atoms with Gasteiger partial charge in [0.1, 0.15) is 0 Å². The summed E-state index contributed by atoms with van der Waals surface area (Å²) in [5.41, 5.74) is 30.4. The van der Waals surface area contributed by atoms with Gasteiger partial charge in [-0.05, 0) is 157 Å². The van der Waals surface area contributed by atoms with Gasteiger partial charge in [-0.25, -0.2) is 0 Å². The van der Waals surface area contributed by atoms with Gasteiger partial charge in [0.15, 0.2) is 0 Å². The van der Waals surface area contributed by atoms with Crippen molar-refractivity contribution >= 4 is 82.7 Å². The van der Waals surface area contributed by atoms with Crippen LogP contribution in [0.25, 0.3) is 166 Å². The highest BCUT2D eigenvalue weighted by atomic mass is 15.2. The van der Waals surface area contributed by atoms with Gasteiger partial charge in [0, 0.05) is 83.1 Å². The van der Waals surface area contributed by atoms with Crippen molar-refractivity contribution in [2.75, 3.05) is 4.90 Å². The molecule has 0 amide bonds. The molecular formula is C96H62N4. The first kappa shape index (κ1) is 56.2. The third kappa shape index (κ3) is 8.41. The molecule has 2 atom stereocenters. The van der Waals surface area contributed by atoms with Crippen molar-refractivity contribution in [1.29, 1.82) is 0 Å². The summed E-state index contributed by atoms with van der Waals surface area (Å²) in [6.07, 6.45) is 2.69. The molecule has 4 nitrogen and oxygen atoms in total. The van der Waals surface area contributed by atoms with E-state index < -0.39 is 0 Å². The van der Waals surface area contributed by atoms with Crippen LogP contribution in [-0.4, -0.2) is 13.7 Å². The lowest BCUT2D eigenvalue weighted by Crippen LogP contribution is -2.30. The summed E-state index contributed by atoms with van der Waals surface area (Å²) in [6.45, 7) is 0. The molecule has 2 aliphatic rings. The van der Waals surface area contributed by atoms with E-state index in [-0.39, 0.29) is 12.0 Å². The minimum absolute atomic E-state index is 0.165. The maximum absolute atomic E-state index is 2.76. The predicted molar refractivity (Wildman–Crippen MR) is 419 cm³/mol. The molecule has 3 aromatic heterocycles. The van der Waals surface area contributed by atoms with Crippen molar-refractivity contribution in [3.8, 4) is 95.0 Å². The number of hydrogen-bond donors (Lipinski definition) is 0. The minimum atomic E-state index is -0.222. The fourth-order valence-corrected chi connectivity index (χ4v) is 17.5. The molecule has 2 unspecified atom stereocenters. The van der Waals surface area contributed by atoms with E-state index in [0.717, 1.165) is 67.2 Å². The Balaban J connectivity index is 1.06.